The normalized spacial score (nSPS) is 10.9. The SMILES string of the molecule is Cc1ccccc1C(=O)Nc1cccc(N=Cc2cc(I)cc(I)c2O)c1. The number of benzene rings is 3. The summed E-state index contributed by atoms with van der Waals surface area (Å²) in [6.07, 6.45) is 1.63. The van der Waals surface area contributed by atoms with E-state index in [2.05, 4.69) is 55.5 Å². The minimum absolute atomic E-state index is 0.154. The molecule has 3 aromatic carbocycles. The molecule has 0 aliphatic carbocycles. The molecule has 3 aromatic rings. The standard InChI is InChI=1S/C21H16I2N2O2/c1-13-5-2-3-8-18(13)21(27)25-17-7-4-6-16(11-17)24-12-14-9-15(22)10-19(23)20(14)26/h2-12,26H,1H3,(H,25,27). The van der Waals surface area contributed by atoms with Gasteiger partial charge in [0.05, 0.1) is 9.26 Å². The van der Waals surface area contributed by atoms with Gasteiger partial charge in [-0.1, -0.05) is 24.3 Å². The van der Waals surface area contributed by atoms with Gasteiger partial charge in [0.15, 0.2) is 0 Å². The molecule has 0 aromatic heterocycles. The summed E-state index contributed by atoms with van der Waals surface area (Å²) in [5.74, 6) is 0.0582. The minimum Gasteiger partial charge on any atom is -0.506 e. The van der Waals surface area contributed by atoms with Gasteiger partial charge < -0.3 is 10.4 Å². The van der Waals surface area contributed by atoms with E-state index in [1.807, 2.05) is 55.5 Å². The number of aliphatic imine (C=N–C) groups is 1. The average molecular weight is 582 g/mol. The average Bonchev–Trinajstić information content (AvgIpc) is 2.64. The summed E-state index contributed by atoms with van der Waals surface area (Å²) < 4.78 is 1.80. The van der Waals surface area contributed by atoms with E-state index in [-0.39, 0.29) is 11.7 Å². The highest BCUT2D eigenvalue weighted by molar-refractivity contribution is 14.1. The highest BCUT2D eigenvalue weighted by atomic mass is 127. The summed E-state index contributed by atoms with van der Waals surface area (Å²) >= 11 is 4.30. The number of aromatic hydroxyl groups is 1. The summed E-state index contributed by atoms with van der Waals surface area (Å²) in [5.41, 5.74) is 3.57. The molecule has 1 amide bonds. The van der Waals surface area contributed by atoms with Gasteiger partial charge in [0.1, 0.15) is 5.75 Å². The maximum atomic E-state index is 12.5. The molecule has 0 saturated carbocycles. The van der Waals surface area contributed by atoms with Gasteiger partial charge >= 0.3 is 0 Å². The fraction of sp³-hybridized carbons (Fsp3) is 0.0476. The smallest absolute Gasteiger partial charge is 0.255 e. The molecule has 0 bridgehead atoms. The molecule has 136 valence electrons. The third-order valence-electron chi connectivity index (χ3n) is 3.90. The lowest BCUT2D eigenvalue weighted by Gasteiger charge is -2.08. The Balaban J connectivity index is 1.80. The van der Waals surface area contributed by atoms with Crippen LogP contribution < -0.4 is 5.32 Å². The van der Waals surface area contributed by atoms with Gasteiger partial charge in [-0.15, -0.1) is 0 Å². The Morgan fingerprint density at radius 1 is 1.07 bits per heavy atom. The number of aryl methyl sites for hydroxylation is 1. The molecule has 0 radical (unpaired) electrons. The number of nitrogens with one attached hydrogen (secondary N) is 1. The Hall–Kier alpha value is -1.94. The zero-order valence-corrected chi connectivity index (χ0v) is 18.7. The predicted molar refractivity (Wildman–Crippen MR) is 126 cm³/mol. The van der Waals surface area contributed by atoms with Crippen LogP contribution in [-0.4, -0.2) is 17.2 Å². The first-order valence-corrected chi connectivity index (χ1v) is 10.3. The molecule has 3 rings (SSSR count). The highest BCUT2D eigenvalue weighted by Crippen LogP contribution is 2.27. The Bertz CT molecular complexity index is 1030. The first-order valence-electron chi connectivity index (χ1n) is 8.13. The second kappa shape index (κ2) is 8.83. The van der Waals surface area contributed by atoms with Gasteiger partial charge in [-0.05, 0) is 94.1 Å². The van der Waals surface area contributed by atoms with Gasteiger partial charge in [0, 0.05) is 26.6 Å². The Labute approximate surface area is 185 Å². The van der Waals surface area contributed by atoms with Gasteiger partial charge in [0.2, 0.25) is 0 Å². The van der Waals surface area contributed by atoms with Crippen LogP contribution >= 0.6 is 45.2 Å². The number of phenols is 1. The second-order valence-electron chi connectivity index (χ2n) is 5.90. The van der Waals surface area contributed by atoms with Crippen molar-refractivity contribution in [1.82, 2.24) is 0 Å². The van der Waals surface area contributed by atoms with E-state index >= 15 is 0 Å². The molecule has 0 aliphatic heterocycles. The van der Waals surface area contributed by atoms with Gasteiger partial charge in [-0.2, -0.15) is 0 Å². The molecule has 0 atom stereocenters. The van der Waals surface area contributed by atoms with E-state index in [0.29, 0.717) is 22.5 Å². The van der Waals surface area contributed by atoms with Crippen LogP contribution in [0.25, 0.3) is 0 Å². The van der Waals surface area contributed by atoms with Crippen LogP contribution in [0.15, 0.2) is 65.7 Å². The van der Waals surface area contributed by atoms with Gasteiger partial charge in [-0.25, -0.2) is 0 Å². The molecule has 6 heteroatoms. The van der Waals surface area contributed by atoms with Crippen molar-refractivity contribution in [1.29, 1.82) is 0 Å². The van der Waals surface area contributed by atoms with Crippen LogP contribution in [0, 0.1) is 14.1 Å². The molecular formula is C21H16I2N2O2. The summed E-state index contributed by atoms with van der Waals surface area (Å²) in [6, 6.07) is 18.5. The molecule has 2 N–H and O–H groups in total. The Kier molecular flexibility index (Phi) is 6.48. The van der Waals surface area contributed by atoms with E-state index < -0.39 is 0 Å². The van der Waals surface area contributed by atoms with Crippen LogP contribution in [-0.2, 0) is 0 Å². The van der Waals surface area contributed by atoms with Crippen LogP contribution in [0.4, 0.5) is 11.4 Å². The number of hydrogen-bond donors (Lipinski definition) is 2. The van der Waals surface area contributed by atoms with Gasteiger partial charge in [0.25, 0.3) is 5.91 Å². The van der Waals surface area contributed by atoms with Crippen molar-refractivity contribution in [2.24, 2.45) is 4.99 Å². The van der Waals surface area contributed by atoms with Crippen LogP contribution in [0.2, 0.25) is 0 Å². The van der Waals surface area contributed by atoms with Crippen molar-refractivity contribution in [3.05, 3.63) is 84.5 Å². The number of phenolic OH excluding ortho intramolecular Hbond substituents is 1. The zero-order chi connectivity index (χ0) is 19.4. The molecule has 0 heterocycles. The van der Waals surface area contributed by atoms with Crippen molar-refractivity contribution in [2.45, 2.75) is 6.92 Å². The number of rotatable bonds is 4. The summed E-state index contributed by atoms with van der Waals surface area (Å²) in [7, 11) is 0. The molecule has 27 heavy (non-hydrogen) atoms. The van der Waals surface area contributed by atoms with Crippen molar-refractivity contribution < 1.29 is 9.90 Å². The first kappa shape index (κ1) is 19.8. The van der Waals surface area contributed by atoms with Crippen molar-refractivity contribution >= 4 is 68.7 Å². The fourth-order valence-electron chi connectivity index (χ4n) is 2.52. The molecule has 0 aliphatic rings. The van der Waals surface area contributed by atoms with Crippen molar-refractivity contribution in [3.8, 4) is 5.75 Å². The van der Waals surface area contributed by atoms with Gasteiger partial charge in [-0.3, -0.25) is 9.79 Å². The topological polar surface area (TPSA) is 61.7 Å². The summed E-state index contributed by atoms with van der Waals surface area (Å²) in [5, 5.41) is 13.1. The number of carbonyl (C=O) groups is 1. The Morgan fingerprint density at radius 3 is 2.63 bits per heavy atom. The summed E-state index contributed by atoms with van der Waals surface area (Å²) in [4.78, 5) is 16.9. The minimum atomic E-state index is -0.154. The molecule has 0 saturated heterocycles. The number of halogens is 2. The van der Waals surface area contributed by atoms with E-state index in [0.717, 1.165) is 12.7 Å². The third-order valence-corrected chi connectivity index (χ3v) is 5.35. The third kappa shape index (κ3) is 5.07. The number of amides is 1. The van der Waals surface area contributed by atoms with Crippen molar-refractivity contribution in [2.75, 3.05) is 5.32 Å². The van der Waals surface area contributed by atoms with E-state index in [4.69, 9.17) is 0 Å². The first-order chi connectivity index (χ1) is 12.9. The fourth-order valence-corrected chi connectivity index (χ4v) is 4.41. The number of hydrogen-bond acceptors (Lipinski definition) is 3. The largest absolute Gasteiger partial charge is 0.506 e. The van der Waals surface area contributed by atoms with Crippen molar-refractivity contribution in [3.63, 3.8) is 0 Å². The molecular weight excluding hydrogens is 566 g/mol. The quantitative estimate of drug-likeness (QED) is 0.297. The van der Waals surface area contributed by atoms with Crippen LogP contribution in [0.5, 0.6) is 5.75 Å². The number of nitrogens with zero attached hydrogens (tertiary/aromatic N) is 1. The number of carbonyl (C=O) groups excluding carboxylic acids is 1. The zero-order valence-electron chi connectivity index (χ0n) is 14.4. The van der Waals surface area contributed by atoms with E-state index in [1.54, 1.807) is 18.3 Å². The lowest BCUT2D eigenvalue weighted by atomic mass is 10.1. The molecule has 4 nitrogen and oxygen atoms in total. The summed E-state index contributed by atoms with van der Waals surface area (Å²) in [6.45, 7) is 1.91. The van der Waals surface area contributed by atoms with E-state index in [9.17, 15) is 9.90 Å². The highest BCUT2D eigenvalue weighted by Gasteiger charge is 2.09. The molecule has 0 fully saturated rings. The monoisotopic (exact) mass is 582 g/mol. The number of anilines is 1. The maximum absolute atomic E-state index is 12.5. The van der Waals surface area contributed by atoms with Crippen LogP contribution in [0.3, 0.4) is 0 Å². The lowest BCUT2D eigenvalue weighted by molar-refractivity contribution is 0.102. The molecule has 0 unspecified atom stereocenters. The Morgan fingerprint density at radius 2 is 1.85 bits per heavy atom. The predicted octanol–water partition coefficient (Wildman–Crippen LogP) is 5.91. The van der Waals surface area contributed by atoms with Crippen LogP contribution in [0.1, 0.15) is 21.5 Å². The second-order valence-corrected chi connectivity index (χ2v) is 8.31. The lowest BCUT2D eigenvalue weighted by Crippen LogP contribution is -2.13. The van der Waals surface area contributed by atoms with E-state index in [1.165, 1.54) is 0 Å². The molecule has 0 spiro atoms. The maximum Gasteiger partial charge on any atom is 0.255 e.